The molecule has 1 saturated heterocycles. The van der Waals surface area contributed by atoms with Gasteiger partial charge in [0.1, 0.15) is 5.82 Å². The number of anilines is 1. The van der Waals surface area contributed by atoms with Crippen molar-refractivity contribution in [3.05, 3.63) is 52.3 Å². The summed E-state index contributed by atoms with van der Waals surface area (Å²) in [5.74, 6) is -1.34. The maximum Gasteiger partial charge on any atom is 0.312 e. The highest BCUT2D eigenvalue weighted by atomic mass is 32.2. The number of halogens is 1. The second-order valence-corrected chi connectivity index (χ2v) is 9.84. The molecule has 1 aliphatic heterocycles. The molecule has 2 aromatic carbocycles. The fourth-order valence-corrected chi connectivity index (χ4v) is 5.44. The van der Waals surface area contributed by atoms with Gasteiger partial charge in [-0.15, -0.1) is 0 Å². The number of carbonyl (C=O) groups is 1. The molecule has 0 atom stereocenters. The van der Waals surface area contributed by atoms with Gasteiger partial charge in [-0.3, -0.25) is 20.2 Å². The number of thiazole rings is 1. The Morgan fingerprint density at radius 2 is 2.03 bits per heavy atom. The molecule has 1 amide bonds. The lowest BCUT2D eigenvalue weighted by molar-refractivity contribution is -0.386. The van der Waals surface area contributed by atoms with Crippen molar-refractivity contribution in [3.63, 3.8) is 0 Å². The number of fused-ring (bicyclic) bond motifs is 1. The Morgan fingerprint density at radius 1 is 1.27 bits per heavy atom. The van der Waals surface area contributed by atoms with Crippen molar-refractivity contribution in [1.29, 1.82) is 0 Å². The van der Waals surface area contributed by atoms with E-state index in [4.69, 9.17) is 9.47 Å². The number of ether oxygens (including phenoxy) is 2. The van der Waals surface area contributed by atoms with Crippen LogP contribution in [0.15, 0.2) is 41.3 Å². The standard InChI is InChI=1S/C19H17FN4O7S2/c20-12-1-3-14-17(9-12)32-19(21-14)22-18(25)11-31-16-4-2-13(10-15(16)24(26)27)33(28,29)23-5-7-30-8-6-23/h1-4,9-10H,5-8,11H2,(H,21,22,25). The van der Waals surface area contributed by atoms with Crippen molar-refractivity contribution in [2.24, 2.45) is 0 Å². The summed E-state index contributed by atoms with van der Waals surface area (Å²) in [7, 11) is -3.94. The van der Waals surface area contributed by atoms with E-state index in [0.717, 1.165) is 23.5 Å². The molecule has 33 heavy (non-hydrogen) atoms. The van der Waals surface area contributed by atoms with Gasteiger partial charge in [0.25, 0.3) is 5.91 Å². The number of aromatic nitrogens is 1. The van der Waals surface area contributed by atoms with Crippen LogP contribution >= 0.6 is 11.3 Å². The number of rotatable bonds is 7. The Morgan fingerprint density at radius 3 is 2.76 bits per heavy atom. The van der Waals surface area contributed by atoms with Crippen LogP contribution in [0.25, 0.3) is 10.2 Å². The van der Waals surface area contributed by atoms with Crippen LogP contribution in [0.3, 0.4) is 0 Å². The van der Waals surface area contributed by atoms with Crippen LogP contribution in [0.1, 0.15) is 0 Å². The third kappa shape index (κ3) is 5.08. The minimum Gasteiger partial charge on any atom is -0.477 e. The van der Waals surface area contributed by atoms with Crippen molar-refractivity contribution in [2.45, 2.75) is 4.90 Å². The number of hydrogen-bond donors (Lipinski definition) is 1. The van der Waals surface area contributed by atoms with Gasteiger partial charge in [-0.2, -0.15) is 4.31 Å². The Labute approximate surface area is 190 Å². The first-order chi connectivity index (χ1) is 15.7. The zero-order valence-corrected chi connectivity index (χ0v) is 18.5. The van der Waals surface area contributed by atoms with E-state index in [-0.39, 0.29) is 42.1 Å². The number of benzene rings is 2. The van der Waals surface area contributed by atoms with Crippen LogP contribution < -0.4 is 10.1 Å². The summed E-state index contributed by atoms with van der Waals surface area (Å²) in [6, 6.07) is 7.24. The number of morpholine rings is 1. The molecule has 0 unspecified atom stereocenters. The van der Waals surface area contributed by atoms with Crippen LogP contribution in [0.5, 0.6) is 5.75 Å². The summed E-state index contributed by atoms with van der Waals surface area (Å²) in [4.78, 5) is 26.8. The van der Waals surface area contributed by atoms with Gasteiger partial charge in [-0.1, -0.05) is 11.3 Å². The fraction of sp³-hybridized carbons (Fsp3) is 0.263. The fourth-order valence-electron chi connectivity index (χ4n) is 3.11. The summed E-state index contributed by atoms with van der Waals surface area (Å²) in [5, 5.41) is 14.2. The molecule has 1 N–H and O–H groups in total. The lowest BCUT2D eigenvalue weighted by Crippen LogP contribution is -2.40. The van der Waals surface area contributed by atoms with Crippen LogP contribution in [-0.4, -0.2) is 61.4 Å². The van der Waals surface area contributed by atoms with E-state index < -0.39 is 39.0 Å². The zero-order valence-electron chi connectivity index (χ0n) is 16.9. The van der Waals surface area contributed by atoms with Crippen molar-refractivity contribution < 1.29 is 32.0 Å². The van der Waals surface area contributed by atoms with Gasteiger partial charge in [-0.25, -0.2) is 17.8 Å². The third-order valence-electron chi connectivity index (χ3n) is 4.69. The molecule has 1 aromatic heterocycles. The van der Waals surface area contributed by atoms with Gasteiger partial charge in [0.15, 0.2) is 17.5 Å². The van der Waals surface area contributed by atoms with Crippen molar-refractivity contribution in [2.75, 3.05) is 38.2 Å². The first-order valence-electron chi connectivity index (χ1n) is 9.59. The maximum atomic E-state index is 13.3. The van der Waals surface area contributed by atoms with Crippen LogP contribution in [0.4, 0.5) is 15.2 Å². The van der Waals surface area contributed by atoms with E-state index in [9.17, 15) is 27.7 Å². The number of nitrogens with zero attached hydrogens (tertiary/aromatic N) is 3. The van der Waals surface area contributed by atoms with Gasteiger partial charge in [0, 0.05) is 19.2 Å². The number of hydrogen-bond acceptors (Lipinski definition) is 9. The molecule has 174 valence electrons. The Balaban J connectivity index is 1.46. The second kappa shape index (κ2) is 9.35. The van der Waals surface area contributed by atoms with Gasteiger partial charge in [0.05, 0.1) is 33.2 Å². The smallest absolute Gasteiger partial charge is 0.312 e. The lowest BCUT2D eigenvalue weighted by atomic mass is 10.3. The van der Waals surface area contributed by atoms with Crippen LogP contribution in [0, 0.1) is 15.9 Å². The number of nitrogens with one attached hydrogen (secondary N) is 1. The van der Waals surface area contributed by atoms with Gasteiger partial charge in [0.2, 0.25) is 10.0 Å². The first-order valence-corrected chi connectivity index (χ1v) is 11.8. The minimum absolute atomic E-state index is 0.146. The Kier molecular flexibility index (Phi) is 6.51. The van der Waals surface area contributed by atoms with Gasteiger partial charge < -0.3 is 9.47 Å². The Bertz CT molecular complexity index is 1320. The maximum absolute atomic E-state index is 13.3. The number of amides is 1. The van der Waals surface area contributed by atoms with E-state index in [0.29, 0.717) is 10.2 Å². The summed E-state index contributed by atoms with van der Waals surface area (Å²) in [6.07, 6.45) is 0. The molecular formula is C19H17FN4O7S2. The summed E-state index contributed by atoms with van der Waals surface area (Å²) >= 11 is 1.06. The molecule has 1 aliphatic rings. The molecule has 0 spiro atoms. The quantitative estimate of drug-likeness (QED) is 0.388. The summed E-state index contributed by atoms with van der Waals surface area (Å²) < 4.78 is 50.9. The number of nitro groups is 1. The third-order valence-corrected chi connectivity index (χ3v) is 7.52. The van der Waals surface area contributed by atoms with Crippen LogP contribution in [0.2, 0.25) is 0 Å². The average molecular weight is 496 g/mol. The number of carbonyl (C=O) groups excluding carboxylic acids is 1. The monoisotopic (exact) mass is 496 g/mol. The number of nitro benzene ring substituents is 1. The normalized spacial score (nSPS) is 14.8. The minimum atomic E-state index is -3.94. The highest BCUT2D eigenvalue weighted by molar-refractivity contribution is 7.89. The zero-order chi connectivity index (χ0) is 23.6. The molecule has 11 nitrogen and oxygen atoms in total. The van der Waals surface area contributed by atoms with E-state index in [2.05, 4.69) is 10.3 Å². The molecule has 1 fully saturated rings. The summed E-state index contributed by atoms with van der Waals surface area (Å²) in [5.41, 5.74) is -0.0853. The van der Waals surface area contributed by atoms with E-state index in [1.54, 1.807) is 0 Å². The molecule has 0 aliphatic carbocycles. The van der Waals surface area contributed by atoms with E-state index >= 15 is 0 Å². The largest absolute Gasteiger partial charge is 0.477 e. The Hall–Kier alpha value is -3.20. The topological polar surface area (TPSA) is 141 Å². The molecule has 14 heteroatoms. The molecule has 4 rings (SSSR count). The van der Waals surface area contributed by atoms with E-state index in [1.807, 2.05) is 0 Å². The molecular weight excluding hydrogens is 479 g/mol. The van der Waals surface area contributed by atoms with Gasteiger partial charge >= 0.3 is 5.69 Å². The SMILES string of the molecule is O=C(COc1ccc(S(=O)(=O)N2CCOCC2)cc1[N+](=O)[O-])Nc1nc2ccc(F)cc2s1. The molecule has 0 saturated carbocycles. The predicted molar refractivity (Wildman–Crippen MR) is 116 cm³/mol. The molecule has 0 bridgehead atoms. The summed E-state index contributed by atoms with van der Waals surface area (Å²) in [6.45, 7) is 0.184. The predicted octanol–water partition coefficient (Wildman–Crippen LogP) is 2.38. The highest BCUT2D eigenvalue weighted by Crippen LogP contribution is 2.31. The van der Waals surface area contributed by atoms with E-state index in [1.165, 1.54) is 28.6 Å². The lowest BCUT2D eigenvalue weighted by Gasteiger charge is -2.26. The van der Waals surface area contributed by atoms with Gasteiger partial charge in [-0.05, 0) is 30.3 Å². The van der Waals surface area contributed by atoms with Crippen molar-refractivity contribution >= 4 is 48.3 Å². The molecule has 3 aromatic rings. The number of sulfonamides is 1. The first kappa shape index (κ1) is 23.0. The molecule has 2 heterocycles. The van der Waals surface area contributed by atoms with Crippen molar-refractivity contribution in [1.82, 2.24) is 9.29 Å². The van der Waals surface area contributed by atoms with Crippen LogP contribution in [-0.2, 0) is 19.6 Å². The average Bonchev–Trinajstić information content (AvgIpc) is 3.19. The second-order valence-electron chi connectivity index (χ2n) is 6.87. The highest BCUT2D eigenvalue weighted by Gasteiger charge is 2.29. The molecule has 0 radical (unpaired) electrons. The van der Waals surface area contributed by atoms with Crippen molar-refractivity contribution in [3.8, 4) is 5.75 Å².